The smallest absolute Gasteiger partial charge is 0.256 e. The van der Waals surface area contributed by atoms with E-state index in [0.29, 0.717) is 10.5 Å². The average molecular weight is 275 g/mol. The van der Waals surface area contributed by atoms with Gasteiger partial charge in [-0.05, 0) is 49.2 Å². The maximum Gasteiger partial charge on any atom is 0.256 e. The first-order chi connectivity index (χ1) is 8.97. The number of anilines is 1. The summed E-state index contributed by atoms with van der Waals surface area (Å²) in [4.78, 5) is 12.8. The van der Waals surface area contributed by atoms with Gasteiger partial charge in [-0.3, -0.25) is 4.79 Å². The molecule has 2 nitrogen and oxygen atoms in total. The third kappa shape index (κ3) is 3.15. The summed E-state index contributed by atoms with van der Waals surface area (Å²) in [5.41, 5.74) is 2.30. The highest BCUT2D eigenvalue weighted by molar-refractivity contribution is 7.80. The van der Waals surface area contributed by atoms with Gasteiger partial charge in [0.1, 0.15) is 5.82 Å². The van der Waals surface area contributed by atoms with Crippen LogP contribution >= 0.6 is 12.6 Å². The van der Waals surface area contributed by atoms with Crippen LogP contribution in [0.2, 0.25) is 0 Å². The van der Waals surface area contributed by atoms with Gasteiger partial charge in [-0.1, -0.05) is 12.1 Å². The predicted molar refractivity (Wildman–Crippen MR) is 77.5 cm³/mol. The Labute approximate surface area is 117 Å². The number of thiol groups is 1. The van der Waals surface area contributed by atoms with Gasteiger partial charge < -0.3 is 5.32 Å². The number of rotatable bonds is 2. The average Bonchev–Trinajstić information content (AvgIpc) is 2.35. The van der Waals surface area contributed by atoms with Crippen molar-refractivity contribution in [2.45, 2.75) is 18.7 Å². The molecular formula is C15H14FNOS. The molecule has 0 aliphatic heterocycles. The second-order valence-electron chi connectivity index (χ2n) is 4.44. The Morgan fingerprint density at radius 3 is 2.58 bits per heavy atom. The molecule has 0 saturated heterocycles. The molecule has 0 aliphatic rings. The van der Waals surface area contributed by atoms with Crippen molar-refractivity contribution in [1.82, 2.24) is 0 Å². The number of benzene rings is 2. The lowest BCUT2D eigenvalue weighted by Gasteiger charge is -2.09. The zero-order valence-corrected chi connectivity index (χ0v) is 11.6. The second-order valence-corrected chi connectivity index (χ2v) is 4.95. The molecule has 0 spiro atoms. The van der Waals surface area contributed by atoms with E-state index in [1.54, 1.807) is 25.1 Å². The molecule has 98 valence electrons. The van der Waals surface area contributed by atoms with Gasteiger partial charge >= 0.3 is 0 Å². The summed E-state index contributed by atoms with van der Waals surface area (Å²) >= 11 is 4.20. The number of nitrogens with one attached hydrogen (secondary N) is 1. The standard InChI is InChI=1S/C15H14FNOS/c1-9-3-6-14(13(16)7-9)17-15(18)12-8-11(19)5-4-10(12)2/h3-8,19H,1-2H3,(H,17,18). The van der Waals surface area contributed by atoms with E-state index < -0.39 is 5.82 Å². The number of aryl methyl sites for hydroxylation is 2. The summed E-state index contributed by atoms with van der Waals surface area (Å²) in [5.74, 6) is -0.774. The van der Waals surface area contributed by atoms with Crippen molar-refractivity contribution in [3.8, 4) is 0 Å². The van der Waals surface area contributed by atoms with Gasteiger partial charge in [-0.25, -0.2) is 4.39 Å². The Kier molecular flexibility index (Phi) is 3.90. The summed E-state index contributed by atoms with van der Waals surface area (Å²) in [6.07, 6.45) is 0. The highest BCUT2D eigenvalue weighted by Gasteiger charge is 2.12. The minimum absolute atomic E-state index is 0.180. The molecule has 1 N–H and O–H groups in total. The van der Waals surface area contributed by atoms with Crippen LogP contribution in [0, 0.1) is 19.7 Å². The molecule has 0 unspecified atom stereocenters. The first-order valence-corrected chi connectivity index (χ1v) is 6.29. The fourth-order valence-corrected chi connectivity index (χ4v) is 1.97. The van der Waals surface area contributed by atoms with Crippen LogP contribution in [-0.4, -0.2) is 5.91 Å². The van der Waals surface area contributed by atoms with E-state index in [2.05, 4.69) is 17.9 Å². The summed E-state index contributed by atoms with van der Waals surface area (Å²) in [6, 6.07) is 9.98. The number of carbonyl (C=O) groups is 1. The van der Waals surface area contributed by atoms with E-state index in [4.69, 9.17) is 0 Å². The first kappa shape index (κ1) is 13.6. The summed E-state index contributed by atoms with van der Waals surface area (Å²) in [7, 11) is 0. The van der Waals surface area contributed by atoms with Crippen LogP contribution in [0.25, 0.3) is 0 Å². The van der Waals surface area contributed by atoms with E-state index in [1.165, 1.54) is 6.07 Å². The molecule has 19 heavy (non-hydrogen) atoms. The predicted octanol–water partition coefficient (Wildman–Crippen LogP) is 3.98. The van der Waals surface area contributed by atoms with E-state index >= 15 is 0 Å². The van der Waals surface area contributed by atoms with Crippen LogP contribution < -0.4 is 5.32 Å². The van der Waals surface area contributed by atoms with Crippen LogP contribution in [-0.2, 0) is 0 Å². The monoisotopic (exact) mass is 275 g/mol. The Balaban J connectivity index is 2.28. The number of amides is 1. The third-order valence-electron chi connectivity index (χ3n) is 2.84. The SMILES string of the molecule is Cc1ccc(NC(=O)c2cc(S)ccc2C)c(F)c1. The molecule has 2 rings (SSSR count). The molecule has 2 aromatic rings. The molecule has 0 saturated carbocycles. The zero-order valence-electron chi connectivity index (χ0n) is 10.7. The van der Waals surface area contributed by atoms with Gasteiger partial charge in [0.15, 0.2) is 0 Å². The van der Waals surface area contributed by atoms with E-state index in [-0.39, 0.29) is 11.6 Å². The largest absolute Gasteiger partial charge is 0.319 e. The summed E-state index contributed by atoms with van der Waals surface area (Å²) in [6.45, 7) is 3.62. The van der Waals surface area contributed by atoms with Crippen molar-refractivity contribution >= 4 is 24.2 Å². The summed E-state index contributed by atoms with van der Waals surface area (Å²) in [5, 5.41) is 2.57. The zero-order chi connectivity index (χ0) is 14.0. The number of hydrogen-bond donors (Lipinski definition) is 2. The molecule has 0 aliphatic carbocycles. The van der Waals surface area contributed by atoms with Gasteiger partial charge in [0.2, 0.25) is 0 Å². The van der Waals surface area contributed by atoms with Crippen molar-refractivity contribution in [3.63, 3.8) is 0 Å². The lowest BCUT2D eigenvalue weighted by Crippen LogP contribution is -2.14. The fraction of sp³-hybridized carbons (Fsp3) is 0.133. The van der Waals surface area contributed by atoms with Gasteiger partial charge in [-0.15, -0.1) is 12.6 Å². The van der Waals surface area contributed by atoms with Gasteiger partial charge in [0, 0.05) is 10.5 Å². The quantitative estimate of drug-likeness (QED) is 0.797. The van der Waals surface area contributed by atoms with Crippen molar-refractivity contribution in [2.75, 3.05) is 5.32 Å². The van der Waals surface area contributed by atoms with E-state index in [9.17, 15) is 9.18 Å². The molecule has 1 amide bonds. The maximum atomic E-state index is 13.7. The summed E-state index contributed by atoms with van der Waals surface area (Å²) < 4.78 is 13.7. The van der Waals surface area contributed by atoms with Crippen molar-refractivity contribution in [3.05, 3.63) is 58.9 Å². The van der Waals surface area contributed by atoms with Crippen LogP contribution in [0.3, 0.4) is 0 Å². The number of carbonyl (C=O) groups excluding carboxylic acids is 1. The minimum atomic E-state index is -0.437. The van der Waals surface area contributed by atoms with Gasteiger partial charge in [-0.2, -0.15) is 0 Å². The van der Waals surface area contributed by atoms with Crippen molar-refractivity contribution in [2.24, 2.45) is 0 Å². The van der Waals surface area contributed by atoms with Crippen molar-refractivity contribution < 1.29 is 9.18 Å². The minimum Gasteiger partial charge on any atom is -0.319 e. The second kappa shape index (κ2) is 5.45. The highest BCUT2D eigenvalue weighted by atomic mass is 32.1. The number of halogens is 1. The van der Waals surface area contributed by atoms with Crippen LogP contribution in [0.15, 0.2) is 41.3 Å². The molecule has 0 heterocycles. The van der Waals surface area contributed by atoms with Gasteiger partial charge in [0.05, 0.1) is 5.69 Å². The van der Waals surface area contributed by atoms with E-state index in [0.717, 1.165) is 11.1 Å². The topological polar surface area (TPSA) is 29.1 Å². The lowest BCUT2D eigenvalue weighted by molar-refractivity contribution is 0.102. The third-order valence-corrected chi connectivity index (χ3v) is 3.12. The number of hydrogen-bond acceptors (Lipinski definition) is 2. The molecule has 4 heteroatoms. The van der Waals surface area contributed by atoms with Crippen molar-refractivity contribution in [1.29, 1.82) is 0 Å². The molecule has 2 aromatic carbocycles. The molecule has 0 fully saturated rings. The Bertz CT molecular complexity index is 640. The Morgan fingerprint density at radius 1 is 1.16 bits per heavy atom. The van der Waals surface area contributed by atoms with Crippen LogP contribution in [0.5, 0.6) is 0 Å². The first-order valence-electron chi connectivity index (χ1n) is 5.84. The maximum absolute atomic E-state index is 13.7. The van der Waals surface area contributed by atoms with Crippen LogP contribution in [0.4, 0.5) is 10.1 Å². The Hall–Kier alpha value is -1.81. The normalized spacial score (nSPS) is 10.3. The lowest BCUT2D eigenvalue weighted by atomic mass is 10.1. The molecular weight excluding hydrogens is 261 g/mol. The molecule has 0 aromatic heterocycles. The van der Waals surface area contributed by atoms with E-state index in [1.807, 2.05) is 19.1 Å². The molecule has 0 radical (unpaired) electrons. The fourth-order valence-electron chi connectivity index (χ4n) is 1.77. The Morgan fingerprint density at radius 2 is 1.89 bits per heavy atom. The van der Waals surface area contributed by atoms with Gasteiger partial charge in [0.25, 0.3) is 5.91 Å². The molecule has 0 atom stereocenters. The molecule has 0 bridgehead atoms. The van der Waals surface area contributed by atoms with Crippen LogP contribution in [0.1, 0.15) is 21.5 Å². The highest BCUT2D eigenvalue weighted by Crippen LogP contribution is 2.19.